The van der Waals surface area contributed by atoms with Gasteiger partial charge in [-0.2, -0.15) is 0 Å². The first-order valence-electron chi connectivity index (χ1n) is 12.9. The molecule has 7 heteroatoms. The molecular weight excluding hydrogens is 428 g/mol. The van der Waals surface area contributed by atoms with Crippen molar-refractivity contribution in [1.29, 1.82) is 0 Å². The molecule has 34 heavy (non-hydrogen) atoms. The second-order valence-corrected chi connectivity index (χ2v) is 9.80. The molecule has 2 aromatic rings. The van der Waals surface area contributed by atoms with Gasteiger partial charge in [-0.15, -0.1) is 0 Å². The lowest BCUT2D eigenvalue weighted by molar-refractivity contribution is -0.135. The highest BCUT2D eigenvalue weighted by atomic mass is 16.4. The van der Waals surface area contributed by atoms with Gasteiger partial charge in [0.25, 0.3) is 5.91 Å². The molecule has 0 spiro atoms. The van der Waals surface area contributed by atoms with Gasteiger partial charge in [-0.1, -0.05) is 27.2 Å². The molecule has 1 N–H and O–H groups in total. The van der Waals surface area contributed by atoms with E-state index in [1.165, 1.54) is 25.8 Å². The van der Waals surface area contributed by atoms with Gasteiger partial charge < -0.3 is 24.1 Å². The lowest BCUT2D eigenvalue weighted by Crippen LogP contribution is -2.39. The number of piperidine rings is 1. The second-order valence-electron chi connectivity index (χ2n) is 9.80. The molecule has 0 aliphatic carbocycles. The summed E-state index contributed by atoms with van der Waals surface area (Å²) in [5.74, 6) is 1.05. The predicted octanol–water partition coefficient (Wildman–Crippen LogP) is 4.52. The predicted molar refractivity (Wildman–Crippen MR) is 135 cm³/mol. The Bertz CT molecular complexity index is 917. The lowest BCUT2D eigenvalue weighted by atomic mass is 10.0. The Hall–Kier alpha value is -2.54. The molecule has 0 bridgehead atoms. The quantitative estimate of drug-likeness (QED) is 0.463. The van der Waals surface area contributed by atoms with Crippen molar-refractivity contribution < 1.29 is 14.0 Å². The smallest absolute Gasteiger partial charge is 0.286 e. The third-order valence-corrected chi connectivity index (χ3v) is 6.64. The number of carbonyl (C=O) groups excluding carboxylic acids is 2. The van der Waals surface area contributed by atoms with Gasteiger partial charge in [-0.3, -0.25) is 9.59 Å². The van der Waals surface area contributed by atoms with E-state index in [9.17, 15) is 9.59 Å². The van der Waals surface area contributed by atoms with Crippen molar-refractivity contribution in [3.05, 3.63) is 47.7 Å². The lowest BCUT2D eigenvalue weighted by Gasteiger charge is -2.33. The Morgan fingerprint density at radius 3 is 2.79 bits per heavy atom. The minimum Gasteiger partial charge on any atom is -0.454 e. The average Bonchev–Trinajstić information content (AvgIpc) is 3.47. The molecule has 3 rings (SSSR count). The van der Waals surface area contributed by atoms with Gasteiger partial charge in [0, 0.05) is 43.5 Å². The van der Waals surface area contributed by atoms with Crippen LogP contribution in [0.4, 0.5) is 0 Å². The normalized spacial score (nSPS) is 16.7. The molecule has 0 aromatic carbocycles. The first-order chi connectivity index (χ1) is 16.4. The van der Waals surface area contributed by atoms with Crippen molar-refractivity contribution in [3.63, 3.8) is 0 Å². The van der Waals surface area contributed by atoms with Gasteiger partial charge in [0.15, 0.2) is 5.76 Å². The fraction of sp³-hybridized carbons (Fsp3) is 0.630. The van der Waals surface area contributed by atoms with Crippen molar-refractivity contribution in [2.75, 3.05) is 26.2 Å². The Labute approximate surface area is 204 Å². The molecule has 1 atom stereocenters. The van der Waals surface area contributed by atoms with Gasteiger partial charge >= 0.3 is 0 Å². The minimum atomic E-state index is -0.165. The van der Waals surface area contributed by atoms with Crippen LogP contribution in [0, 0.1) is 5.92 Å². The summed E-state index contributed by atoms with van der Waals surface area (Å²) >= 11 is 0. The summed E-state index contributed by atoms with van der Waals surface area (Å²) in [6.45, 7) is 12.9. The van der Waals surface area contributed by atoms with Crippen LogP contribution in [-0.2, 0) is 17.9 Å². The van der Waals surface area contributed by atoms with Crippen LogP contribution in [0.2, 0.25) is 0 Å². The summed E-state index contributed by atoms with van der Waals surface area (Å²) in [5, 5.41) is 2.99. The van der Waals surface area contributed by atoms with Gasteiger partial charge in [-0.05, 0) is 63.4 Å². The number of rotatable bonds is 12. The number of hydrogen-bond donors (Lipinski definition) is 1. The molecule has 1 fully saturated rings. The van der Waals surface area contributed by atoms with E-state index in [2.05, 4.69) is 28.6 Å². The average molecular weight is 471 g/mol. The standard InChI is InChI=1S/C27H42N4O3/c1-5-15-31(27(33)21(2)3)19-23-11-8-17-30(23)20-24-12-13-25(34-24)26(32)28-14-9-18-29-16-7-6-10-22(29)4/h8,11-13,17,21-22H,5-7,9-10,14-16,18-20H2,1-4H3,(H,28,32). The third kappa shape index (κ3) is 7.23. The molecule has 3 heterocycles. The van der Waals surface area contributed by atoms with Gasteiger partial charge in [0.05, 0.1) is 13.1 Å². The van der Waals surface area contributed by atoms with Crippen molar-refractivity contribution in [1.82, 2.24) is 19.7 Å². The van der Waals surface area contributed by atoms with Crippen LogP contribution in [0.15, 0.2) is 34.9 Å². The summed E-state index contributed by atoms with van der Waals surface area (Å²) in [7, 11) is 0. The molecule has 1 aliphatic heterocycles. The van der Waals surface area contributed by atoms with Crippen LogP contribution >= 0.6 is 0 Å². The number of likely N-dealkylation sites (tertiary alicyclic amines) is 1. The summed E-state index contributed by atoms with van der Waals surface area (Å²) in [5.41, 5.74) is 1.05. The molecule has 2 aromatic heterocycles. The van der Waals surface area contributed by atoms with Gasteiger partial charge in [0.2, 0.25) is 5.91 Å². The van der Waals surface area contributed by atoms with E-state index in [0.29, 0.717) is 31.4 Å². The van der Waals surface area contributed by atoms with E-state index in [1.54, 1.807) is 6.07 Å². The van der Waals surface area contributed by atoms with E-state index in [-0.39, 0.29) is 17.7 Å². The van der Waals surface area contributed by atoms with Gasteiger partial charge in [0.1, 0.15) is 5.76 Å². The third-order valence-electron chi connectivity index (χ3n) is 6.64. The Balaban J connectivity index is 1.50. The molecule has 188 valence electrons. The maximum absolute atomic E-state index is 12.6. The van der Waals surface area contributed by atoms with Crippen molar-refractivity contribution in [3.8, 4) is 0 Å². The Kier molecular flexibility index (Phi) is 9.81. The number of carbonyl (C=O) groups is 2. The zero-order chi connectivity index (χ0) is 24.5. The first kappa shape index (κ1) is 26.1. The van der Waals surface area contributed by atoms with E-state index in [0.717, 1.165) is 37.4 Å². The second kappa shape index (κ2) is 12.8. The summed E-state index contributed by atoms with van der Waals surface area (Å²) in [6, 6.07) is 8.27. The molecule has 2 amide bonds. The van der Waals surface area contributed by atoms with Crippen LogP contribution < -0.4 is 5.32 Å². The SMILES string of the molecule is CCCN(Cc1cccn1Cc1ccc(C(=O)NCCCN2CCCCC2C)o1)C(=O)C(C)C. The maximum atomic E-state index is 12.6. The number of nitrogens with zero attached hydrogens (tertiary/aromatic N) is 3. The summed E-state index contributed by atoms with van der Waals surface area (Å²) < 4.78 is 7.93. The first-order valence-corrected chi connectivity index (χ1v) is 12.9. The topological polar surface area (TPSA) is 70.7 Å². The van der Waals surface area contributed by atoms with E-state index < -0.39 is 0 Å². The van der Waals surface area contributed by atoms with Crippen molar-refractivity contribution in [2.24, 2.45) is 5.92 Å². The fourth-order valence-corrected chi connectivity index (χ4v) is 4.66. The van der Waals surface area contributed by atoms with Gasteiger partial charge in [-0.25, -0.2) is 0 Å². The highest BCUT2D eigenvalue weighted by Gasteiger charge is 2.19. The molecule has 1 saturated heterocycles. The van der Waals surface area contributed by atoms with E-state index in [4.69, 9.17) is 4.42 Å². The monoisotopic (exact) mass is 470 g/mol. The summed E-state index contributed by atoms with van der Waals surface area (Å²) in [4.78, 5) is 29.5. The number of amides is 2. The Morgan fingerprint density at radius 1 is 1.24 bits per heavy atom. The van der Waals surface area contributed by atoms with E-state index >= 15 is 0 Å². The zero-order valence-electron chi connectivity index (χ0n) is 21.4. The summed E-state index contributed by atoms with van der Waals surface area (Å²) in [6.07, 6.45) is 7.73. The number of aromatic nitrogens is 1. The number of hydrogen-bond acceptors (Lipinski definition) is 4. The number of nitrogens with one attached hydrogen (secondary N) is 1. The van der Waals surface area contributed by atoms with Crippen LogP contribution in [0.1, 0.15) is 81.8 Å². The molecule has 1 aliphatic rings. The molecule has 0 saturated carbocycles. The van der Waals surface area contributed by atoms with Crippen molar-refractivity contribution >= 4 is 11.8 Å². The Morgan fingerprint density at radius 2 is 2.06 bits per heavy atom. The maximum Gasteiger partial charge on any atom is 0.286 e. The molecular formula is C27H42N4O3. The largest absolute Gasteiger partial charge is 0.454 e. The molecule has 7 nitrogen and oxygen atoms in total. The highest BCUT2D eigenvalue weighted by molar-refractivity contribution is 5.91. The molecule has 0 radical (unpaired) electrons. The zero-order valence-corrected chi connectivity index (χ0v) is 21.4. The fourth-order valence-electron chi connectivity index (χ4n) is 4.66. The van der Waals surface area contributed by atoms with Crippen LogP contribution in [0.5, 0.6) is 0 Å². The molecule has 1 unspecified atom stereocenters. The van der Waals surface area contributed by atoms with Crippen LogP contribution in [-0.4, -0.2) is 58.4 Å². The highest BCUT2D eigenvalue weighted by Crippen LogP contribution is 2.17. The van der Waals surface area contributed by atoms with Crippen molar-refractivity contribution in [2.45, 2.75) is 78.9 Å². The minimum absolute atomic E-state index is 0.0237. The van der Waals surface area contributed by atoms with Crippen LogP contribution in [0.25, 0.3) is 0 Å². The van der Waals surface area contributed by atoms with Crippen LogP contribution in [0.3, 0.4) is 0 Å². The van der Waals surface area contributed by atoms with E-state index in [1.807, 2.05) is 43.1 Å². The number of furan rings is 1.